The molecule has 0 saturated heterocycles. The molecule has 0 aromatic heterocycles. The summed E-state index contributed by atoms with van der Waals surface area (Å²) in [6.45, 7) is 1.45. The molecule has 0 spiro atoms. The average molecular weight is 550 g/mol. The van der Waals surface area contributed by atoms with E-state index in [-0.39, 0.29) is 18.5 Å². The van der Waals surface area contributed by atoms with Crippen LogP contribution in [0, 0.1) is 0 Å². The summed E-state index contributed by atoms with van der Waals surface area (Å²) in [5.74, 6) is -0.272. The van der Waals surface area contributed by atoms with Crippen LogP contribution in [0.4, 0.5) is 5.69 Å². The van der Waals surface area contributed by atoms with Crippen molar-refractivity contribution in [3.63, 3.8) is 0 Å². The molecule has 37 heavy (non-hydrogen) atoms. The molecule has 3 rings (SSSR count). The largest absolute Gasteiger partial charge is 0.497 e. The quantitative estimate of drug-likeness (QED) is 0.449. The first-order valence-corrected chi connectivity index (χ1v) is 14.8. The van der Waals surface area contributed by atoms with Gasteiger partial charge in [0.25, 0.3) is 0 Å². The average Bonchev–Trinajstić information content (AvgIpc) is 2.88. The lowest BCUT2D eigenvalue weighted by atomic mass is 9.95. The maximum Gasteiger partial charge on any atom is 0.244 e. The van der Waals surface area contributed by atoms with Crippen LogP contribution >= 0.6 is 11.6 Å². The lowest BCUT2D eigenvalue weighted by molar-refractivity contribution is -0.140. The van der Waals surface area contributed by atoms with Gasteiger partial charge in [-0.1, -0.05) is 62.1 Å². The van der Waals surface area contributed by atoms with Crippen molar-refractivity contribution in [3.05, 3.63) is 59.1 Å². The van der Waals surface area contributed by atoms with Crippen LogP contribution in [0.25, 0.3) is 0 Å². The predicted molar refractivity (Wildman–Crippen MR) is 146 cm³/mol. The first kappa shape index (κ1) is 28.8. The Labute approximate surface area is 225 Å². The molecule has 2 aromatic carbocycles. The van der Waals surface area contributed by atoms with Crippen LogP contribution in [-0.4, -0.2) is 57.1 Å². The van der Waals surface area contributed by atoms with Crippen LogP contribution in [0.3, 0.4) is 0 Å². The molecular weight excluding hydrogens is 514 g/mol. The molecule has 1 saturated carbocycles. The monoisotopic (exact) mass is 549 g/mol. The highest BCUT2D eigenvalue weighted by atomic mass is 35.5. The summed E-state index contributed by atoms with van der Waals surface area (Å²) in [6, 6.07) is 12.9. The van der Waals surface area contributed by atoms with Gasteiger partial charge in [-0.2, -0.15) is 0 Å². The van der Waals surface area contributed by atoms with E-state index >= 15 is 0 Å². The summed E-state index contributed by atoms with van der Waals surface area (Å²) in [5.41, 5.74) is 0.973. The fraction of sp³-hybridized carbons (Fsp3) is 0.481. The van der Waals surface area contributed by atoms with Crippen molar-refractivity contribution in [2.45, 2.75) is 64.1 Å². The minimum absolute atomic E-state index is 0.0742. The van der Waals surface area contributed by atoms with E-state index in [2.05, 4.69) is 5.32 Å². The number of sulfonamides is 1. The number of amides is 2. The molecule has 0 aliphatic heterocycles. The Morgan fingerprint density at radius 2 is 1.81 bits per heavy atom. The summed E-state index contributed by atoms with van der Waals surface area (Å²) in [6.07, 6.45) is 6.53. The van der Waals surface area contributed by atoms with Crippen molar-refractivity contribution in [1.82, 2.24) is 10.2 Å². The lowest BCUT2D eigenvalue weighted by Gasteiger charge is -2.34. The van der Waals surface area contributed by atoms with E-state index in [1.165, 1.54) is 12.0 Å². The van der Waals surface area contributed by atoms with Gasteiger partial charge in [0.1, 0.15) is 18.3 Å². The van der Waals surface area contributed by atoms with Gasteiger partial charge in [-0.3, -0.25) is 13.9 Å². The molecule has 0 bridgehead atoms. The molecular formula is C27H36ClN3O5S. The minimum atomic E-state index is -3.82. The van der Waals surface area contributed by atoms with Crippen molar-refractivity contribution < 1.29 is 22.7 Å². The number of methoxy groups -OCH3 is 1. The molecule has 0 unspecified atom stereocenters. The molecule has 1 aliphatic carbocycles. The van der Waals surface area contributed by atoms with Crippen molar-refractivity contribution >= 4 is 39.1 Å². The number of hydrogen-bond acceptors (Lipinski definition) is 5. The Morgan fingerprint density at radius 1 is 1.11 bits per heavy atom. The fourth-order valence-electron chi connectivity index (χ4n) is 4.65. The molecule has 1 aliphatic rings. The number of halogens is 1. The zero-order valence-corrected chi connectivity index (χ0v) is 23.2. The van der Waals surface area contributed by atoms with Gasteiger partial charge < -0.3 is 15.0 Å². The van der Waals surface area contributed by atoms with Crippen molar-refractivity contribution in [2.24, 2.45) is 0 Å². The predicted octanol–water partition coefficient (Wildman–Crippen LogP) is 4.37. The topological polar surface area (TPSA) is 96.0 Å². The van der Waals surface area contributed by atoms with E-state index in [1.807, 2.05) is 13.0 Å². The van der Waals surface area contributed by atoms with E-state index < -0.39 is 28.5 Å². The SMILES string of the molecule is CC[C@H](C(=O)NC1CCCCC1)N(Cc1ccccc1Cl)C(=O)CN(c1cccc(OC)c1)S(C)(=O)=O. The number of carbonyl (C=O) groups excluding carboxylic acids is 2. The summed E-state index contributed by atoms with van der Waals surface area (Å²) in [4.78, 5) is 28.7. The summed E-state index contributed by atoms with van der Waals surface area (Å²) < 4.78 is 31.8. The molecule has 2 aromatic rings. The van der Waals surface area contributed by atoms with Crippen LogP contribution in [0.2, 0.25) is 5.02 Å². The Balaban J connectivity index is 1.93. The van der Waals surface area contributed by atoms with Gasteiger partial charge in [0.15, 0.2) is 0 Å². The fourth-order valence-corrected chi connectivity index (χ4v) is 5.69. The Morgan fingerprint density at radius 3 is 2.43 bits per heavy atom. The van der Waals surface area contributed by atoms with Gasteiger partial charge in [0, 0.05) is 23.7 Å². The van der Waals surface area contributed by atoms with Crippen molar-refractivity contribution in [3.8, 4) is 5.75 Å². The van der Waals surface area contributed by atoms with Crippen molar-refractivity contribution in [2.75, 3.05) is 24.2 Å². The van der Waals surface area contributed by atoms with E-state index in [0.717, 1.165) is 42.7 Å². The second-order valence-corrected chi connectivity index (χ2v) is 11.7. The number of anilines is 1. The molecule has 0 heterocycles. The Hall–Kier alpha value is -2.78. The summed E-state index contributed by atoms with van der Waals surface area (Å²) >= 11 is 6.40. The van der Waals surface area contributed by atoms with E-state index in [1.54, 1.807) is 42.5 Å². The molecule has 1 N–H and O–H groups in total. The number of nitrogens with zero attached hydrogens (tertiary/aromatic N) is 2. The maximum absolute atomic E-state index is 13.8. The molecule has 1 atom stereocenters. The van der Waals surface area contributed by atoms with Gasteiger partial charge in [-0.15, -0.1) is 0 Å². The smallest absolute Gasteiger partial charge is 0.244 e. The zero-order valence-electron chi connectivity index (χ0n) is 21.7. The summed E-state index contributed by atoms with van der Waals surface area (Å²) in [7, 11) is -2.34. The van der Waals surface area contributed by atoms with Gasteiger partial charge in [0.05, 0.1) is 19.1 Å². The number of carbonyl (C=O) groups is 2. The third-order valence-corrected chi connectivity index (χ3v) is 8.17. The molecule has 2 amide bonds. The summed E-state index contributed by atoms with van der Waals surface area (Å²) in [5, 5.41) is 3.59. The number of rotatable bonds is 11. The number of ether oxygens (including phenoxy) is 1. The second kappa shape index (κ2) is 13.1. The molecule has 1 fully saturated rings. The van der Waals surface area contributed by atoms with Crippen molar-refractivity contribution in [1.29, 1.82) is 0 Å². The number of benzene rings is 2. The first-order chi connectivity index (χ1) is 17.6. The third-order valence-electron chi connectivity index (χ3n) is 6.66. The van der Waals surface area contributed by atoms with Gasteiger partial charge in [0.2, 0.25) is 21.8 Å². The molecule has 10 heteroatoms. The number of hydrogen-bond donors (Lipinski definition) is 1. The zero-order chi connectivity index (χ0) is 27.0. The third kappa shape index (κ3) is 7.85. The van der Waals surface area contributed by atoms with Crippen LogP contribution in [-0.2, 0) is 26.2 Å². The Bertz CT molecular complexity index is 1180. The highest BCUT2D eigenvalue weighted by molar-refractivity contribution is 7.92. The lowest BCUT2D eigenvalue weighted by Crippen LogP contribution is -2.54. The van der Waals surface area contributed by atoms with Gasteiger partial charge >= 0.3 is 0 Å². The number of nitrogens with one attached hydrogen (secondary N) is 1. The Kier molecular flexibility index (Phi) is 10.2. The second-order valence-electron chi connectivity index (χ2n) is 9.35. The standard InChI is InChI=1S/C27H36ClN3O5S/c1-4-25(27(33)29-21-12-6-5-7-13-21)30(18-20-11-8-9-16-24(20)28)26(32)19-31(37(3,34)35)22-14-10-15-23(17-22)36-2/h8-11,14-17,21,25H,4-7,12-13,18-19H2,1-3H3,(H,29,33)/t25-/m1/s1. The normalized spacial score (nSPS) is 15.0. The van der Waals surface area contributed by atoms with E-state index in [4.69, 9.17) is 16.3 Å². The van der Waals surface area contributed by atoms with Gasteiger partial charge in [-0.25, -0.2) is 8.42 Å². The van der Waals surface area contributed by atoms with Gasteiger partial charge in [-0.05, 0) is 43.0 Å². The van der Waals surface area contributed by atoms with E-state index in [0.29, 0.717) is 28.4 Å². The molecule has 8 nitrogen and oxygen atoms in total. The maximum atomic E-state index is 13.8. The van der Waals surface area contributed by atoms with E-state index in [9.17, 15) is 18.0 Å². The van der Waals surface area contributed by atoms with Crippen LogP contribution in [0.15, 0.2) is 48.5 Å². The van der Waals surface area contributed by atoms with Crippen LogP contribution < -0.4 is 14.4 Å². The van der Waals surface area contributed by atoms with Crippen LogP contribution in [0.5, 0.6) is 5.75 Å². The minimum Gasteiger partial charge on any atom is -0.497 e. The molecule has 202 valence electrons. The highest BCUT2D eigenvalue weighted by Crippen LogP contribution is 2.25. The van der Waals surface area contributed by atoms with Crippen LogP contribution in [0.1, 0.15) is 51.0 Å². The highest BCUT2D eigenvalue weighted by Gasteiger charge is 2.33. The molecule has 0 radical (unpaired) electrons. The first-order valence-electron chi connectivity index (χ1n) is 12.6.